The molecule has 3 aromatic rings. The molecule has 0 N–H and O–H groups in total. The molecule has 0 atom stereocenters. The highest BCUT2D eigenvalue weighted by molar-refractivity contribution is 8.18. The zero-order valence-corrected chi connectivity index (χ0v) is 23.7. The first-order valence-electron chi connectivity index (χ1n) is 12.1. The fourth-order valence-corrected chi connectivity index (χ4v) is 5.00. The van der Waals surface area contributed by atoms with Gasteiger partial charge in [0.1, 0.15) is 5.60 Å². The lowest BCUT2D eigenvalue weighted by Crippen LogP contribution is -2.40. The van der Waals surface area contributed by atoms with E-state index in [4.69, 9.17) is 16.3 Å². The van der Waals surface area contributed by atoms with E-state index in [2.05, 4.69) is 5.10 Å². The van der Waals surface area contributed by atoms with Crippen LogP contribution >= 0.6 is 23.4 Å². The zero-order chi connectivity index (χ0) is 29.4. The number of nitrogens with zero attached hydrogens (tertiary/aromatic N) is 4. The van der Waals surface area contributed by atoms with Crippen LogP contribution < -0.4 is 0 Å². The third-order valence-electron chi connectivity index (χ3n) is 5.90. The highest BCUT2D eigenvalue weighted by atomic mass is 35.5. The number of hydrogen-bond donors (Lipinski definition) is 0. The Morgan fingerprint density at radius 2 is 1.88 bits per heavy atom. The van der Waals surface area contributed by atoms with Crippen LogP contribution in [-0.2, 0) is 22.3 Å². The van der Waals surface area contributed by atoms with E-state index in [-0.39, 0.29) is 35.1 Å². The predicted octanol–water partition coefficient (Wildman–Crippen LogP) is 6.66. The maximum absolute atomic E-state index is 13.5. The Hall–Kier alpha value is -3.51. The molecule has 4 rings (SSSR count). The number of aromatic nitrogens is 2. The number of rotatable bonds is 6. The van der Waals surface area contributed by atoms with Crippen LogP contribution in [0.4, 0.5) is 22.8 Å². The molecule has 1 aliphatic rings. The number of ether oxygens (including phenoxy) is 1. The Bertz CT molecular complexity index is 1510. The quantitative estimate of drug-likeness (QED) is 0.297. The van der Waals surface area contributed by atoms with Gasteiger partial charge < -0.3 is 9.64 Å². The number of hydrogen-bond acceptors (Lipinski definition) is 6. The summed E-state index contributed by atoms with van der Waals surface area (Å²) in [7, 11) is 1.52. The monoisotopic (exact) mass is 594 g/mol. The van der Waals surface area contributed by atoms with Gasteiger partial charge in [-0.3, -0.25) is 19.2 Å². The lowest BCUT2D eigenvalue weighted by Gasteiger charge is -2.25. The lowest BCUT2D eigenvalue weighted by atomic mass is 10.1. The molecule has 0 unspecified atom stereocenters. The number of likely N-dealkylation sites (N-methyl/N-ethyl adjacent to an activating group) is 1. The van der Waals surface area contributed by atoms with Gasteiger partial charge in [-0.15, -0.1) is 0 Å². The second kappa shape index (κ2) is 11.2. The van der Waals surface area contributed by atoms with Gasteiger partial charge in [-0.1, -0.05) is 23.7 Å². The number of amides is 3. The molecular formula is C27H26ClF3N4O4S. The molecule has 1 saturated heterocycles. The summed E-state index contributed by atoms with van der Waals surface area (Å²) >= 11 is 6.57. The van der Waals surface area contributed by atoms with Crippen LogP contribution in [0.3, 0.4) is 0 Å². The largest absolute Gasteiger partial charge is 0.444 e. The van der Waals surface area contributed by atoms with Crippen molar-refractivity contribution in [3.8, 4) is 0 Å². The zero-order valence-electron chi connectivity index (χ0n) is 22.1. The van der Waals surface area contributed by atoms with Gasteiger partial charge in [-0.05, 0) is 74.0 Å². The number of benzene rings is 2. The molecular weight excluding hydrogens is 569 g/mol. The van der Waals surface area contributed by atoms with Crippen LogP contribution in [0.2, 0.25) is 5.02 Å². The third kappa shape index (κ3) is 6.79. The molecule has 1 aliphatic heterocycles. The fraction of sp³-hybridized carbons (Fsp3) is 0.333. The van der Waals surface area contributed by atoms with Gasteiger partial charge in [0.15, 0.2) is 0 Å². The van der Waals surface area contributed by atoms with Crippen LogP contribution in [0.1, 0.15) is 37.5 Å². The van der Waals surface area contributed by atoms with Gasteiger partial charge in [0.05, 0.1) is 28.7 Å². The summed E-state index contributed by atoms with van der Waals surface area (Å²) in [5, 5.41) is 4.43. The Kier molecular flexibility index (Phi) is 8.23. The van der Waals surface area contributed by atoms with E-state index >= 15 is 0 Å². The molecule has 0 bridgehead atoms. The van der Waals surface area contributed by atoms with E-state index < -0.39 is 34.6 Å². The number of fused-ring (bicyclic) bond motifs is 1. The average molecular weight is 595 g/mol. The molecule has 8 nitrogen and oxygen atoms in total. The number of carbonyl (C=O) groups is 3. The minimum atomic E-state index is -4.56. The minimum absolute atomic E-state index is 0.00810. The van der Waals surface area contributed by atoms with E-state index in [0.29, 0.717) is 16.5 Å². The van der Waals surface area contributed by atoms with Crippen molar-refractivity contribution < 1.29 is 32.3 Å². The van der Waals surface area contributed by atoms with Crippen molar-refractivity contribution in [1.29, 1.82) is 0 Å². The SMILES string of the molecule is CN(CCN1C(=O)S/C(=C\c2ccc3c(cnn3Cc3ccc(Cl)cc3C(F)(F)F)c2)C1=O)C(=O)OC(C)(C)C. The summed E-state index contributed by atoms with van der Waals surface area (Å²) in [5.74, 6) is -0.481. The van der Waals surface area contributed by atoms with Crippen LogP contribution in [0.25, 0.3) is 17.0 Å². The molecule has 3 amide bonds. The van der Waals surface area contributed by atoms with Gasteiger partial charge in [0, 0.05) is 30.5 Å². The summed E-state index contributed by atoms with van der Waals surface area (Å²) in [6, 6.07) is 8.74. The molecule has 1 fully saturated rings. The van der Waals surface area contributed by atoms with Crippen molar-refractivity contribution in [2.24, 2.45) is 0 Å². The van der Waals surface area contributed by atoms with Gasteiger partial charge in [0.25, 0.3) is 11.1 Å². The number of imide groups is 1. The second-order valence-electron chi connectivity index (χ2n) is 10.2. The highest BCUT2D eigenvalue weighted by Gasteiger charge is 2.36. The first kappa shape index (κ1) is 29.5. The van der Waals surface area contributed by atoms with E-state index in [0.717, 1.165) is 22.7 Å². The van der Waals surface area contributed by atoms with Gasteiger partial charge in [0.2, 0.25) is 0 Å². The maximum Gasteiger partial charge on any atom is 0.416 e. The van der Waals surface area contributed by atoms with E-state index in [1.807, 2.05) is 0 Å². The summed E-state index contributed by atoms with van der Waals surface area (Å²) in [5.41, 5.74) is -0.259. The Morgan fingerprint density at radius 1 is 1.15 bits per heavy atom. The summed E-state index contributed by atoms with van der Waals surface area (Å²) < 4.78 is 47.3. The van der Waals surface area contributed by atoms with E-state index in [1.54, 1.807) is 45.0 Å². The van der Waals surface area contributed by atoms with E-state index in [9.17, 15) is 27.6 Å². The molecule has 2 heterocycles. The van der Waals surface area contributed by atoms with Gasteiger partial charge >= 0.3 is 12.3 Å². The molecule has 2 aromatic carbocycles. The van der Waals surface area contributed by atoms with Crippen LogP contribution in [-0.4, -0.2) is 62.6 Å². The molecule has 13 heteroatoms. The Labute approximate surface area is 237 Å². The maximum atomic E-state index is 13.5. The normalized spacial score (nSPS) is 15.4. The van der Waals surface area contributed by atoms with Crippen LogP contribution in [0, 0.1) is 0 Å². The molecule has 1 aromatic heterocycles. The van der Waals surface area contributed by atoms with E-state index in [1.165, 1.54) is 35.0 Å². The smallest absolute Gasteiger partial charge is 0.416 e. The Morgan fingerprint density at radius 3 is 2.55 bits per heavy atom. The summed E-state index contributed by atoms with van der Waals surface area (Å²) in [6.45, 7) is 5.22. The first-order chi connectivity index (χ1) is 18.6. The molecule has 0 spiro atoms. The van der Waals surface area contributed by atoms with Crippen molar-refractivity contribution in [2.45, 2.75) is 39.1 Å². The van der Waals surface area contributed by atoms with Crippen molar-refractivity contribution in [3.05, 3.63) is 69.2 Å². The van der Waals surface area contributed by atoms with Crippen LogP contribution in [0.15, 0.2) is 47.5 Å². The topological polar surface area (TPSA) is 84.7 Å². The van der Waals surface area contributed by atoms with Gasteiger partial charge in [-0.25, -0.2) is 4.79 Å². The lowest BCUT2D eigenvalue weighted by molar-refractivity contribution is -0.138. The molecule has 0 aliphatic carbocycles. The predicted molar refractivity (Wildman–Crippen MR) is 147 cm³/mol. The average Bonchev–Trinajstić information content (AvgIpc) is 3.36. The molecule has 0 radical (unpaired) electrons. The molecule has 212 valence electrons. The second-order valence-corrected chi connectivity index (χ2v) is 11.6. The number of carbonyl (C=O) groups excluding carboxylic acids is 3. The van der Waals surface area contributed by atoms with Crippen LogP contribution in [0.5, 0.6) is 0 Å². The standard InChI is InChI=1S/C27H26ClF3N4O4S/c1-26(2,3)39-24(37)33(4)9-10-34-23(36)22(40-25(34)38)12-16-5-8-21-18(11-16)14-32-35(21)15-17-6-7-19(28)13-20(17)27(29,30)31/h5-8,11-14H,9-10,15H2,1-4H3/b22-12-. The van der Waals surface area contributed by atoms with Gasteiger partial charge in [-0.2, -0.15) is 18.3 Å². The number of alkyl halides is 3. The molecule has 40 heavy (non-hydrogen) atoms. The highest BCUT2D eigenvalue weighted by Crippen LogP contribution is 2.35. The Balaban J connectivity index is 1.48. The first-order valence-corrected chi connectivity index (χ1v) is 13.3. The third-order valence-corrected chi connectivity index (χ3v) is 7.04. The fourth-order valence-electron chi connectivity index (χ4n) is 3.96. The number of halogens is 4. The summed E-state index contributed by atoms with van der Waals surface area (Å²) in [6.07, 6.45) is -2.03. The summed E-state index contributed by atoms with van der Waals surface area (Å²) in [4.78, 5) is 40.1. The van der Waals surface area contributed by atoms with Crippen molar-refractivity contribution in [1.82, 2.24) is 19.6 Å². The minimum Gasteiger partial charge on any atom is -0.444 e. The van der Waals surface area contributed by atoms with Crippen molar-refractivity contribution in [2.75, 3.05) is 20.1 Å². The molecule has 0 saturated carbocycles. The van der Waals surface area contributed by atoms with Crippen molar-refractivity contribution >= 4 is 57.6 Å². The van der Waals surface area contributed by atoms with Crippen molar-refractivity contribution in [3.63, 3.8) is 0 Å². The number of thioether (sulfide) groups is 1.